The lowest BCUT2D eigenvalue weighted by atomic mass is 9.98. The van der Waals surface area contributed by atoms with Gasteiger partial charge in [-0.15, -0.1) is 0 Å². The first-order valence-corrected chi connectivity index (χ1v) is 4.80. The second kappa shape index (κ2) is 2.96. The van der Waals surface area contributed by atoms with E-state index in [1.54, 1.807) is 0 Å². The van der Waals surface area contributed by atoms with Crippen LogP contribution in [0.25, 0.3) is 0 Å². The zero-order valence-electron chi connectivity index (χ0n) is 7.45. The highest BCUT2D eigenvalue weighted by molar-refractivity contribution is 5.70. The summed E-state index contributed by atoms with van der Waals surface area (Å²) >= 11 is 0. The van der Waals surface area contributed by atoms with E-state index in [1.165, 1.54) is 6.42 Å². The average Bonchev–Trinajstić information content (AvgIpc) is 2.44. The Morgan fingerprint density at radius 2 is 2.42 bits per heavy atom. The Hall–Kier alpha value is -0.730. The summed E-state index contributed by atoms with van der Waals surface area (Å²) in [4.78, 5) is 13.2. The highest BCUT2D eigenvalue weighted by Crippen LogP contribution is 2.29. The first-order valence-electron chi connectivity index (χ1n) is 4.80. The third-order valence-electron chi connectivity index (χ3n) is 2.87. The SMILES string of the molecule is CC[C@@H]1OC(=O)N2CCCC[C@H]12. The van der Waals surface area contributed by atoms with E-state index in [0.717, 1.165) is 25.8 Å². The van der Waals surface area contributed by atoms with Crippen molar-refractivity contribution in [2.24, 2.45) is 0 Å². The van der Waals surface area contributed by atoms with Gasteiger partial charge in [0.15, 0.2) is 0 Å². The molecule has 68 valence electrons. The zero-order chi connectivity index (χ0) is 8.55. The molecule has 0 aromatic rings. The Kier molecular flexibility index (Phi) is 1.95. The number of amides is 1. The molecule has 2 rings (SSSR count). The van der Waals surface area contributed by atoms with Crippen molar-refractivity contribution >= 4 is 6.09 Å². The number of carbonyl (C=O) groups excluding carboxylic acids is 1. The van der Waals surface area contributed by atoms with E-state index in [2.05, 4.69) is 6.92 Å². The van der Waals surface area contributed by atoms with E-state index in [9.17, 15) is 4.79 Å². The summed E-state index contributed by atoms with van der Waals surface area (Å²) in [5.74, 6) is 0. The van der Waals surface area contributed by atoms with E-state index >= 15 is 0 Å². The van der Waals surface area contributed by atoms with Crippen LogP contribution in [-0.2, 0) is 4.74 Å². The van der Waals surface area contributed by atoms with Gasteiger partial charge in [-0.2, -0.15) is 0 Å². The van der Waals surface area contributed by atoms with Gasteiger partial charge in [0, 0.05) is 6.54 Å². The van der Waals surface area contributed by atoms with Crippen LogP contribution in [0.2, 0.25) is 0 Å². The lowest BCUT2D eigenvalue weighted by molar-refractivity contribution is 0.127. The van der Waals surface area contributed by atoms with Gasteiger partial charge in [0.1, 0.15) is 6.10 Å². The molecule has 0 radical (unpaired) electrons. The molecule has 0 aromatic heterocycles. The summed E-state index contributed by atoms with van der Waals surface area (Å²) in [5, 5.41) is 0. The quantitative estimate of drug-likeness (QED) is 0.598. The summed E-state index contributed by atoms with van der Waals surface area (Å²) < 4.78 is 5.24. The van der Waals surface area contributed by atoms with Crippen LogP contribution >= 0.6 is 0 Å². The van der Waals surface area contributed by atoms with Gasteiger partial charge in [-0.05, 0) is 25.7 Å². The Bertz CT molecular complexity index is 193. The monoisotopic (exact) mass is 169 g/mol. The van der Waals surface area contributed by atoms with Crippen LogP contribution in [0.3, 0.4) is 0 Å². The van der Waals surface area contributed by atoms with Crippen molar-refractivity contribution in [2.45, 2.75) is 44.8 Å². The second-order valence-corrected chi connectivity index (χ2v) is 3.59. The van der Waals surface area contributed by atoms with Gasteiger partial charge in [0.2, 0.25) is 0 Å². The summed E-state index contributed by atoms with van der Waals surface area (Å²) in [6.07, 6.45) is 4.54. The molecule has 2 aliphatic heterocycles. The molecule has 0 saturated carbocycles. The van der Waals surface area contributed by atoms with Crippen molar-refractivity contribution in [1.29, 1.82) is 0 Å². The van der Waals surface area contributed by atoms with Crippen LogP contribution in [0.1, 0.15) is 32.6 Å². The third kappa shape index (κ3) is 1.08. The molecule has 0 N–H and O–H groups in total. The fourth-order valence-electron chi connectivity index (χ4n) is 2.20. The van der Waals surface area contributed by atoms with Crippen LogP contribution in [0.4, 0.5) is 4.79 Å². The highest BCUT2D eigenvalue weighted by atomic mass is 16.6. The molecule has 2 fully saturated rings. The largest absolute Gasteiger partial charge is 0.444 e. The highest BCUT2D eigenvalue weighted by Gasteiger charge is 2.41. The van der Waals surface area contributed by atoms with Crippen molar-refractivity contribution in [3.63, 3.8) is 0 Å². The summed E-state index contributed by atoms with van der Waals surface area (Å²) in [5.41, 5.74) is 0. The van der Waals surface area contributed by atoms with Crippen molar-refractivity contribution in [3.05, 3.63) is 0 Å². The van der Waals surface area contributed by atoms with Gasteiger partial charge in [-0.1, -0.05) is 6.92 Å². The molecular weight excluding hydrogens is 154 g/mol. The molecule has 2 atom stereocenters. The summed E-state index contributed by atoms with van der Waals surface area (Å²) in [6.45, 7) is 2.98. The number of carbonyl (C=O) groups is 1. The summed E-state index contributed by atoms with van der Waals surface area (Å²) in [6, 6.07) is 0.385. The van der Waals surface area contributed by atoms with E-state index in [0.29, 0.717) is 6.04 Å². The van der Waals surface area contributed by atoms with Gasteiger partial charge in [-0.25, -0.2) is 4.79 Å². The van der Waals surface area contributed by atoms with Crippen LogP contribution in [0.15, 0.2) is 0 Å². The number of hydrogen-bond donors (Lipinski definition) is 0. The summed E-state index contributed by atoms with van der Waals surface area (Å²) in [7, 11) is 0. The maximum Gasteiger partial charge on any atom is 0.410 e. The van der Waals surface area contributed by atoms with Gasteiger partial charge >= 0.3 is 6.09 Å². The Morgan fingerprint density at radius 3 is 3.17 bits per heavy atom. The molecule has 0 unspecified atom stereocenters. The van der Waals surface area contributed by atoms with Crippen LogP contribution in [-0.4, -0.2) is 29.7 Å². The van der Waals surface area contributed by atoms with Gasteiger partial charge in [-0.3, -0.25) is 0 Å². The molecule has 0 bridgehead atoms. The number of cyclic esters (lactones) is 1. The number of ether oxygens (including phenoxy) is 1. The van der Waals surface area contributed by atoms with Crippen LogP contribution in [0, 0.1) is 0 Å². The molecule has 0 aromatic carbocycles. The lowest BCUT2D eigenvalue weighted by Gasteiger charge is -2.28. The fraction of sp³-hybridized carbons (Fsp3) is 0.889. The maximum atomic E-state index is 11.3. The van der Waals surface area contributed by atoms with E-state index in [-0.39, 0.29) is 12.2 Å². The third-order valence-corrected chi connectivity index (χ3v) is 2.87. The first-order chi connectivity index (χ1) is 5.83. The maximum absolute atomic E-state index is 11.3. The topological polar surface area (TPSA) is 29.5 Å². The average molecular weight is 169 g/mol. The molecule has 12 heavy (non-hydrogen) atoms. The molecule has 3 heteroatoms. The zero-order valence-corrected chi connectivity index (χ0v) is 7.45. The molecular formula is C9H15NO2. The van der Waals surface area contributed by atoms with Gasteiger partial charge in [0.05, 0.1) is 6.04 Å². The molecule has 0 spiro atoms. The van der Waals surface area contributed by atoms with Crippen molar-refractivity contribution in [3.8, 4) is 0 Å². The van der Waals surface area contributed by atoms with E-state index in [1.807, 2.05) is 4.90 Å². The molecule has 1 amide bonds. The number of rotatable bonds is 1. The number of nitrogens with zero attached hydrogens (tertiary/aromatic N) is 1. The van der Waals surface area contributed by atoms with E-state index < -0.39 is 0 Å². The molecule has 3 nitrogen and oxygen atoms in total. The van der Waals surface area contributed by atoms with Crippen molar-refractivity contribution < 1.29 is 9.53 Å². The van der Waals surface area contributed by atoms with Crippen LogP contribution < -0.4 is 0 Å². The minimum atomic E-state index is -0.0912. The Labute approximate surface area is 72.7 Å². The standard InChI is InChI=1S/C9H15NO2/c1-2-8-7-5-3-4-6-10(7)9(11)12-8/h7-8H,2-6H2,1H3/t7-,8+/m1/s1. The number of piperidine rings is 1. The minimum absolute atomic E-state index is 0.0912. The van der Waals surface area contributed by atoms with Crippen molar-refractivity contribution in [1.82, 2.24) is 4.90 Å². The predicted molar refractivity (Wildman–Crippen MR) is 44.9 cm³/mol. The number of fused-ring (bicyclic) bond motifs is 1. The van der Waals surface area contributed by atoms with Gasteiger partial charge < -0.3 is 9.64 Å². The smallest absolute Gasteiger partial charge is 0.410 e. The normalized spacial score (nSPS) is 34.8. The molecule has 2 saturated heterocycles. The fourth-order valence-corrected chi connectivity index (χ4v) is 2.20. The predicted octanol–water partition coefficient (Wildman–Crippen LogP) is 1.77. The molecule has 2 aliphatic rings. The van der Waals surface area contributed by atoms with Crippen molar-refractivity contribution in [2.75, 3.05) is 6.54 Å². The molecule has 2 heterocycles. The Morgan fingerprint density at radius 1 is 1.58 bits per heavy atom. The lowest BCUT2D eigenvalue weighted by Crippen LogP contribution is -2.40. The number of hydrogen-bond acceptors (Lipinski definition) is 2. The van der Waals surface area contributed by atoms with Gasteiger partial charge in [0.25, 0.3) is 0 Å². The molecule has 0 aliphatic carbocycles. The second-order valence-electron chi connectivity index (χ2n) is 3.59. The minimum Gasteiger partial charge on any atom is -0.444 e. The van der Waals surface area contributed by atoms with E-state index in [4.69, 9.17) is 4.74 Å². The van der Waals surface area contributed by atoms with Crippen LogP contribution in [0.5, 0.6) is 0 Å². The Balaban J connectivity index is 2.10. The first kappa shape index (κ1) is 7.90.